The summed E-state index contributed by atoms with van der Waals surface area (Å²) >= 11 is 0. The molecule has 2 aromatic carbocycles. The summed E-state index contributed by atoms with van der Waals surface area (Å²) in [6.07, 6.45) is 1.64. The number of rotatable bonds is 2. The SMILES string of the molecule is Cc1cccc(C)c1-c1ncnc2c1N(C)[CH-]N2c1[c-]cccc1.[Ir]. The van der Waals surface area contributed by atoms with Crippen LogP contribution in [0.2, 0.25) is 0 Å². The molecule has 0 saturated heterocycles. The van der Waals surface area contributed by atoms with Gasteiger partial charge >= 0.3 is 0 Å². The van der Waals surface area contributed by atoms with Crippen molar-refractivity contribution in [1.82, 2.24) is 9.97 Å². The second-order valence-corrected chi connectivity index (χ2v) is 6.01. The third-order valence-electron chi connectivity index (χ3n) is 4.34. The Kier molecular flexibility index (Phi) is 4.89. The van der Waals surface area contributed by atoms with Crippen LogP contribution in [0.1, 0.15) is 11.1 Å². The third kappa shape index (κ3) is 2.94. The number of anilines is 3. The number of aryl methyl sites for hydroxylation is 2. The summed E-state index contributed by atoms with van der Waals surface area (Å²) in [5.41, 5.74) is 6.56. The summed E-state index contributed by atoms with van der Waals surface area (Å²) in [4.78, 5) is 13.3. The van der Waals surface area contributed by atoms with Gasteiger partial charge in [-0.25, -0.2) is 9.97 Å². The van der Waals surface area contributed by atoms with Crippen molar-refractivity contribution in [3.8, 4) is 11.3 Å². The van der Waals surface area contributed by atoms with Gasteiger partial charge in [0.15, 0.2) is 0 Å². The Morgan fingerprint density at radius 2 is 1.76 bits per heavy atom. The van der Waals surface area contributed by atoms with Crippen LogP contribution in [0.15, 0.2) is 48.8 Å². The van der Waals surface area contributed by atoms with Crippen molar-refractivity contribution in [2.45, 2.75) is 13.8 Å². The van der Waals surface area contributed by atoms with Crippen molar-refractivity contribution in [2.24, 2.45) is 0 Å². The molecular formula is C20H18IrN4-2. The first-order valence-electron chi connectivity index (χ1n) is 7.92. The fourth-order valence-corrected chi connectivity index (χ4v) is 3.24. The molecule has 5 heteroatoms. The van der Waals surface area contributed by atoms with Crippen LogP contribution in [0, 0.1) is 26.6 Å². The average molecular weight is 507 g/mol. The first-order chi connectivity index (χ1) is 11.7. The molecule has 0 spiro atoms. The van der Waals surface area contributed by atoms with Crippen LogP contribution in [-0.2, 0) is 20.1 Å². The number of para-hydroxylation sites is 1. The molecule has 0 N–H and O–H groups in total. The smallest absolute Gasteiger partial charge is 0.128 e. The molecule has 1 radical (unpaired) electrons. The van der Waals surface area contributed by atoms with Gasteiger partial charge in [0, 0.05) is 25.7 Å². The number of hydrogen-bond donors (Lipinski definition) is 0. The van der Waals surface area contributed by atoms with E-state index in [9.17, 15) is 0 Å². The van der Waals surface area contributed by atoms with Crippen LogP contribution >= 0.6 is 0 Å². The van der Waals surface area contributed by atoms with Gasteiger partial charge in [0.25, 0.3) is 0 Å². The van der Waals surface area contributed by atoms with Gasteiger partial charge in [-0.15, -0.1) is 5.69 Å². The topological polar surface area (TPSA) is 32.3 Å². The van der Waals surface area contributed by atoms with Gasteiger partial charge in [-0.3, -0.25) is 0 Å². The van der Waals surface area contributed by atoms with Crippen LogP contribution in [0.3, 0.4) is 0 Å². The predicted molar refractivity (Wildman–Crippen MR) is 97.1 cm³/mol. The fourth-order valence-electron chi connectivity index (χ4n) is 3.24. The largest absolute Gasteiger partial charge is 0.501 e. The van der Waals surface area contributed by atoms with Gasteiger partial charge in [-0.2, -0.15) is 37.0 Å². The zero-order valence-electron chi connectivity index (χ0n) is 14.3. The Morgan fingerprint density at radius 3 is 2.44 bits per heavy atom. The van der Waals surface area contributed by atoms with E-state index in [-0.39, 0.29) is 20.1 Å². The van der Waals surface area contributed by atoms with Crippen molar-refractivity contribution in [3.05, 3.63) is 72.7 Å². The van der Waals surface area contributed by atoms with E-state index in [2.05, 4.69) is 53.0 Å². The maximum absolute atomic E-state index is 4.61. The molecule has 3 aromatic rings. The molecule has 129 valence electrons. The molecule has 0 unspecified atom stereocenters. The average Bonchev–Trinajstić information content (AvgIpc) is 2.93. The van der Waals surface area contributed by atoms with E-state index in [0.29, 0.717) is 0 Å². The van der Waals surface area contributed by atoms with Crippen molar-refractivity contribution in [3.63, 3.8) is 0 Å². The van der Waals surface area contributed by atoms with E-state index in [0.717, 1.165) is 22.9 Å². The Morgan fingerprint density at radius 1 is 1.00 bits per heavy atom. The number of hydrogen-bond acceptors (Lipinski definition) is 4. The van der Waals surface area contributed by atoms with E-state index in [1.165, 1.54) is 16.7 Å². The van der Waals surface area contributed by atoms with E-state index in [1.807, 2.05) is 42.9 Å². The number of aromatic nitrogens is 2. The zero-order valence-corrected chi connectivity index (χ0v) is 16.7. The van der Waals surface area contributed by atoms with Crippen molar-refractivity contribution < 1.29 is 20.1 Å². The molecule has 1 aromatic heterocycles. The third-order valence-corrected chi connectivity index (χ3v) is 4.34. The van der Waals surface area contributed by atoms with Crippen LogP contribution < -0.4 is 9.80 Å². The van der Waals surface area contributed by atoms with Crippen LogP contribution in [-0.4, -0.2) is 17.0 Å². The van der Waals surface area contributed by atoms with E-state index in [4.69, 9.17) is 0 Å². The molecule has 0 atom stereocenters. The van der Waals surface area contributed by atoms with Crippen molar-refractivity contribution >= 4 is 17.2 Å². The van der Waals surface area contributed by atoms with E-state index < -0.39 is 0 Å². The van der Waals surface area contributed by atoms with Gasteiger partial charge in [0.05, 0.1) is 11.4 Å². The van der Waals surface area contributed by atoms with Crippen LogP contribution in [0.25, 0.3) is 11.3 Å². The summed E-state index contributed by atoms with van der Waals surface area (Å²) < 4.78 is 0. The van der Waals surface area contributed by atoms with Crippen molar-refractivity contribution in [1.29, 1.82) is 0 Å². The van der Waals surface area contributed by atoms with Gasteiger partial charge in [0.1, 0.15) is 12.1 Å². The van der Waals surface area contributed by atoms with Gasteiger partial charge in [-0.1, -0.05) is 18.2 Å². The molecule has 1 aliphatic heterocycles. The first kappa shape index (κ1) is 17.6. The van der Waals surface area contributed by atoms with Crippen LogP contribution in [0.5, 0.6) is 0 Å². The molecular weight excluding hydrogens is 488 g/mol. The number of benzene rings is 2. The van der Waals surface area contributed by atoms with Gasteiger partial charge in [-0.05, 0) is 32.0 Å². The predicted octanol–water partition coefficient (Wildman–Crippen LogP) is 4.27. The molecule has 0 amide bonds. The minimum atomic E-state index is 0. The molecule has 0 bridgehead atoms. The summed E-state index contributed by atoms with van der Waals surface area (Å²) in [7, 11) is 2.03. The second-order valence-electron chi connectivity index (χ2n) is 6.01. The fraction of sp³-hybridized carbons (Fsp3) is 0.150. The zero-order chi connectivity index (χ0) is 16.7. The normalized spacial score (nSPS) is 12.8. The van der Waals surface area contributed by atoms with Gasteiger partial charge in [0.2, 0.25) is 0 Å². The first-order valence-corrected chi connectivity index (χ1v) is 7.92. The molecule has 2 heterocycles. The summed E-state index contributed by atoms with van der Waals surface area (Å²) in [5, 5.41) is 0. The maximum Gasteiger partial charge on any atom is 0.128 e. The van der Waals surface area contributed by atoms with Gasteiger partial charge < -0.3 is 9.80 Å². The molecule has 4 nitrogen and oxygen atoms in total. The summed E-state index contributed by atoms with van der Waals surface area (Å²) in [5.74, 6) is 0.882. The van der Waals surface area contributed by atoms with Crippen LogP contribution in [0.4, 0.5) is 17.2 Å². The molecule has 25 heavy (non-hydrogen) atoms. The van der Waals surface area contributed by atoms with E-state index >= 15 is 0 Å². The van der Waals surface area contributed by atoms with E-state index in [1.54, 1.807) is 6.33 Å². The quantitative estimate of drug-likeness (QED) is 0.486. The Bertz CT molecular complexity index is 875. The number of fused-ring (bicyclic) bond motifs is 1. The molecule has 1 aliphatic rings. The molecule has 0 aliphatic carbocycles. The Hall–Kier alpha value is -2.23. The molecule has 4 rings (SSSR count). The minimum Gasteiger partial charge on any atom is -0.501 e. The maximum atomic E-state index is 4.61. The molecule has 0 saturated carbocycles. The Labute approximate surface area is 161 Å². The molecule has 0 fully saturated rings. The monoisotopic (exact) mass is 507 g/mol. The minimum absolute atomic E-state index is 0. The summed E-state index contributed by atoms with van der Waals surface area (Å²) in [6.45, 7) is 6.28. The second kappa shape index (κ2) is 6.95. The number of nitrogens with zero attached hydrogens (tertiary/aromatic N) is 4. The standard InChI is InChI=1S/C20H18N4.Ir/c1-14-8-7-9-15(2)17(14)18-19-20(22-12-21-18)24(13-23(19)3)16-10-5-4-6-11-16;/h4-10,12-13H,1-3H3;/q-2;. The van der Waals surface area contributed by atoms with Crippen molar-refractivity contribution in [2.75, 3.05) is 16.8 Å². The summed E-state index contributed by atoms with van der Waals surface area (Å²) in [6, 6.07) is 17.5. The Balaban J connectivity index is 0.00000182.